The summed E-state index contributed by atoms with van der Waals surface area (Å²) in [7, 11) is 0. The minimum atomic E-state index is -4.76. The summed E-state index contributed by atoms with van der Waals surface area (Å²) in [5.41, 5.74) is -2.48. The van der Waals surface area contributed by atoms with Crippen molar-refractivity contribution in [1.29, 1.82) is 5.26 Å². The van der Waals surface area contributed by atoms with Gasteiger partial charge in [-0.15, -0.1) is 0 Å². The van der Waals surface area contributed by atoms with Gasteiger partial charge in [0.2, 0.25) is 5.43 Å². The van der Waals surface area contributed by atoms with Crippen LogP contribution in [-0.4, -0.2) is 4.98 Å². The van der Waals surface area contributed by atoms with Gasteiger partial charge < -0.3 is 4.98 Å². The Balaban J connectivity index is 3.03. The third-order valence-corrected chi connectivity index (χ3v) is 2.64. The molecule has 0 saturated carbocycles. The fourth-order valence-electron chi connectivity index (χ4n) is 1.78. The number of hydrogen-bond acceptors (Lipinski definition) is 2. The highest BCUT2D eigenvalue weighted by Gasteiger charge is 2.36. The van der Waals surface area contributed by atoms with Crippen molar-refractivity contribution in [3.8, 4) is 6.07 Å². The van der Waals surface area contributed by atoms with E-state index in [4.69, 9.17) is 5.26 Å². The number of para-hydroxylation sites is 1. The SMILES string of the molecule is Cc1cccc2c(=O)c(C#N)c(C(F)(F)F)[nH]c12. The lowest BCUT2D eigenvalue weighted by atomic mass is 10.1. The molecule has 18 heavy (non-hydrogen) atoms. The molecule has 0 amide bonds. The molecule has 1 heterocycles. The number of nitrogens with one attached hydrogen (secondary N) is 1. The van der Waals surface area contributed by atoms with Crippen molar-refractivity contribution in [3.63, 3.8) is 0 Å². The van der Waals surface area contributed by atoms with Gasteiger partial charge >= 0.3 is 6.18 Å². The molecule has 0 spiro atoms. The van der Waals surface area contributed by atoms with Crippen molar-refractivity contribution in [2.45, 2.75) is 13.1 Å². The first-order valence-corrected chi connectivity index (χ1v) is 4.99. The fourth-order valence-corrected chi connectivity index (χ4v) is 1.78. The molecule has 1 aromatic heterocycles. The molecule has 0 unspecified atom stereocenters. The van der Waals surface area contributed by atoms with E-state index < -0.39 is 22.9 Å². The van der Waals surface area contributed by atoms with Gasteiger partial charge in [-0.3, -0.25) is 4.79 Å². The van der Waals surface area contributed by atoms with E-state index in [1.165, 1.54) is 12.1 Å². The first kappa shape index (κ1) is 12.2. The minimum Gasteiger partial charge on any atom is -0.349 e. The second-order valence-electron chi connectivity index (χ2n) is 3.81. The van der Waals surface area contributed by atoms with Gasteiger partial charge in [0.1, 0.15) is 17.3 Å². The van der Waals surface area contributed by atoms with E-state index in [9.17, 15) is 18.0 Å². The van der Waals surface area contributed by atoms with Crippen LogP contribution in [0, 0.1) is 18.3 Å². The van der Waals surface area contributed by atoms with Gasteiger partial charge in [-0.25, -0.2) is 0 Å². The van der Waals surface area contributed by atoms with Gasteiger partial charge in [0.25, 0.3) is 0 Å². The summed E-state index contributed by atoms with van der Waals surface area (Å²) in [6.45, 7) is 1.59. The molecule has 92 valence electrons. The van der Waals surface area contributed by atoms with E-state index in [-0.39, 0.29) is 10.9 Å². The predicted molar refractivity (Wildman–Crippen MR) is 59.0 cm³/mol. The van der Waals surface area contributed by atoms with E-state index in [0.717, 1.165) is 0 Å². The number of aromatic nitrogens is 1. The largest absolute Gasteiger partial charge is 0.432 e. The number of rotatable bonds is 0. The average molecular weight is 252 g/mol. The Hall–Kier alpha value is -2.29. The summed E-state index contributed by atoms with van der Waals surface area (Å²) >= 11 is 0. The number of aryl methyl sites for hydroxylation is 1. The Morgan fingerprint density at radius 1 is 1.33 bits per heavy atom. The fraction of sp³-hybridized carbons (Fsp3) is 0.167. The Bertz CT molecular complexity index is 723. The second kappa shape index (κ2) is 3.88. The molecule has 0 saturated heterocycles. The molecular weight excluding hydrogens is 245 g/mol. The second-order valence-corrected chi connectivity index (χ2v) is 3.81. The predicted octanol–water partition coefficient (Wildman–Crippen LogP) is 2.73. The van der Waals surface area contributed by atoms with Crippen LogP contribution in [0.25, 0.3) is 10.9 Å². The van der Waals surface area contributed by atoms with E-state index in [1.54, 1.807) is 19.1 Å². The summed E-state index contributed by atoms with van der Waals surface area (Å²) in [6.07, 6.45) is -4.76. The zero-order valence-corrected chi connectivity index (χ0v) is 9.22. The summed E-state index contributed by atoms with van der Waals surface area (Å²) in [4.78, 5) is 14.0. The third kappa shape index (κ3) is 1.74. The van der Waals surface area contributed by atoms with Gasteiger partial charge in [0.05, 0.1) is 5.52 Å². The first-order valence-electron chi connectivity index (χ1n) is 4.99. The van der Waals surface area contributed by atoms with E-state index in [0.29, 0.717) is 5.56 Å². The first-order chi connectivity index (χ1) is 8.36. The normalized spacial score (nSPS) is 11.5. The van der Waals surface area contributed by atoms with Crippen LogP contribution in [0.1, 0.15) is 16.8 Å². The molecule has 0 atom stereocenters. The quantitative estimate of drug-likeness (QED) is 0.783. The van der Waals surface area contributed by atoms with Crippen molar-refractivity contribution < 1.29 is 13.2 Å². The molecule has 0 aliphatic rings. The molecule has 1 N–H and O–H groups in total. The van der Waals surface area contributed by atoms with Gasteiger partial charge in [-0.05, 0) is 18.6 Å². The lowest BCUT2D eigenvalue weighted by Gasteiger charge is -2.11. The molecule has 6 heteroatoms. The van der Waals surface area contributed by atoms with Gasteiger partial charge in [-0.1, -0.05) is 12.1 Å². The molecule has 2 aromatic rings. The zero-order valence-electron chi connectivity index (χ0n) is 9.22. The Kier molecular flexibility index (Phi) is 2.62. The number of alkyl halides is 3. The van der Waals surface area contributed by atoms with Crippen molar-refractivity contribution in [1.82, 2.24) is 4.98 Å². The molecule has 0 aliphatic heterocycles. The molecule has 2 rings (SSSR count). The highest BCUT2D eigenvalue weighted by Crippen LogP contribution is 2.30. The number of hydrogen-bond donors (Lipinski definition) is 1. The number of nitrogens with zero attached hydrogens (tertiary/aromatic N) is 1. The summed E-state index contributed by atoms with van der Waals surface area (Å²) in [5, 5.41) is 8.80. The number of fused-ring (bicyclic) bond motifs is 1. The van der Waals surface area contributed by atoms with Crippen LogP contribution in [0.3, 0.4) is 0 Å². The van der Waals surface area contributed by atoms with E-state index in [1.807, 2.05) is 0 Å². The molecule has 1 aromatic carbocycles. The van der Waals surface area contributed by atoms with Gasteiger partial charge in [0.15, 0.2) is 0 Å². The average Bonchev–Trinajstić information content (AvgIpc) is 2.29. The van der Waals surface area contributed by atoms with Crippen LogP contribution in [-0.2, 0) is 6.18 Å². The van der Waals surface area contributed by atoms with Crippen molar-refractivity contribution in [2.24, 2.45) is 0 Å². The van der Waals surface area contributed by atoms with Crippen molar-refractivity contribution in [3.05, 3.63) is 45.2 Å². The van der Waals surface area contributed by atoms with Crippen molar-refractivity contribution >= 4 is 10.9 Å². The van der Waals surface area contributed by atoms with Gasteiger partial charge in [0, 0.05) is 5.39 Å². The Morgan fingerprint density at radius 3 is 2.56 bits per heavy atom. The number of pyridine rings is 1. The van der Waals surface area contributed by atoms with Crippen LogP contribution in [0.15, 0.2) is 23.0 Å². The van der Waals surface area contributed by atoms with Crippen LogP contribution in [0.4, 0.5) is 13.2 Å². The molecule has 0 radical (unpaired) electrons. The van der Waals surface area contributed by atoms with E-state index >= 15 is 0 Å². The Labute approximate surface area is 99.5 Å². The third-order valence-electron chi connectivity index (χ3n) is 2.64. The standard InChI is InChI=1S/C12H7F3N2O/c1-6-3-2-4-7-9(6)17-11(12(13,14)15)8(5-16)10(7)18/h2-4H,1H3,(H,17,18). The molecule has 0 aliphatic carbocycles. The summed E-state index contributed by atoms with van der Waals surface area (Å²) in [6, 6.07) is 5.85. The highest BCUT2D eigenvalue weighted by molar-refractivity contribution is 5.83. The number of aromatic amines is 1. The lowest BCUT2D eigenvalue weighted by molar-refractivity contribution is -0.141. The lowest BCUT2D eigenvalue weighted by Crippen LogP contribution is -2.19. The maximum atomic E-state index is 12.8. The van der Waals surface area contributed by atoms with Crippen LogP contribution in [0.5, 0.6) is 0 Å². The van der Waals surface area contributed by atoms with Crippen LogP contribution < -0.4 is 5.43 Å². The number of benzene rings is 1. The topological polar surface area (TPSA) is 56.6 Å². The van der Waals surface area contributed by atoms with Crippen molar-refractivity contribution in [2.75, 3.05) is 0 Å². The molecule has 0 bridgehead atoms. The number of halogens is 3. The summed E-state index contributed by atoms with van der Waals surface area (Å²) in [5.74, 6) is 0. The van der Waals surface area contributed by atoms with Crippen LogP contribution >= 0.6 is 0 Å². The zero-order chi connectivity index (χ0) is 13.5. The van der Waals surface area contributed by atoms with Crippen LogP contribution in [0.2, 0.25) is 0 Å². The minimum absolute atomic E-state index is 0.0829. The smallest absolute Gasteiger partial charge is 0.349 e. The maximum Gasteiger partial charge on any atom is 0.432 e. The van der Waals surface area contributed by atoms with E-state index in [2.05, 4.69) is 4.98 Å². The highest BCUT2D eigenvalue weighted by atomic mass is 19.4. The van der Waals surface area contributed by atoms with Gasteiger partial charge in [-0.2, -0.15) is 18.4 Å². The molecular formula is C12H7F3N2O. The summed E-state index contributed by atoms with van der Waals surface area (Å²) < 4.78 is 38.3. The monoisotopic (exact) mass is 252 g/mol. The molecule has 0 fully saturated rings. The molecule has 3 nitrogen and oxygen atoms in total. The number of H-pyrrole nitrogens is 1. The number of nitriles is 1. The maximum absolute atomic E-state index is 12.8. The Morgan fingerprint density at radius 2 is 2.00 bits per heavy atom.